The van der Waals surface area contributed by atoms with Crippen molar-refractivity contribution < 1.29 is 0 Å². The summed E-state index contributed by atoms with van der Waals surface area (Å²) in [6, 6.07) is 0. The minimum absolute atomic E-state index is 1.04. The van der Waals surface area contributed by atoms with Gasteiger partial charge in [0, 0.05) is 0 Å². The monoisotopic (exact) mass is 264 g/mol. The minimum Gasteiger partial charge on any atom is -0.0654 e. The minimum atomic E-state index is 1.04. The van der Waals surface area contributed by atoms with Crippen molar-refractivity contribution in [2.75, 3.05) is 0 Å². The van der Waals surface area contributed by atoms with Crippen LogP contribution in [0.15, 0.2) is 0 Å². The molecule has 0 radical (unpaired) electrons. The molecule has 112 valence electrons. The third-order valence-electron chi connectivity index (χ3n) is 5.85. The second-order valence-electron chi connectivity index (χ2n) is 7.43. The Morgan fingerprint density at radius 2 is 1.32 bits per heavy atom. The van der Waals surface area contributed by atoms with Crippen molar-refractivity contribution in [3.63, 3.8) is 0 Å². The van der Waals surface area contributed by atoms with Gasteiger partial charge in [-0.25, -0.2) is 0 Å². The van der Waals surface area contributed by atoms with Crippen LogP contribution < -0.4 is 0 Å². The summed E-state index contributed by atoms with van der Waals surface area (Å²) in [6.07, 6.45) is 16.2. The van der Waals surface area contributed by atoms with Crippen molar-refractivity contribution in [2.24, 2.45) is 29.6 Å². The maximum absolute atomic E-state index is 2.53. The van der Waals surface area contributed by atoms with Gasteiger partial charge in [-0.3, -0.25) is 0 Å². The van der Waals surface area contributed by atoms with Crippen LogP contribution in [0, 0.1) is 29.6 Å². The van der Waals surface area contributed by atoms with Crippen LogP contribution in [0.25, 0.3) is 0 Å². The number of unbranched alkanes of at least 4 members (excludes halogenated alkanes) is 7. The van der Waals surface area contributed by atoms with E-state index in [2.05, 4.69) is 20.8 Å². The molecule has 0 heterocycles. The summed E-state index contributed by atoms with van der Waals surface area (Å²) in [5, 5.41) is 0. The average Bonchev–Trinajstić information content (AvgIpc) is 3.28. The van der Waals surface area contributed by atoms with Gasteiger partial charge < -0.3 is 0 Å². The SMILES string of the molecule is CCCCCCCC1C2C(C(C)CCCCCC)C12. The van der Waals surface area contributed by atoms with Gasteiger partial charge in [0.25, 0.3) is 0 Å². The Morgan fingerprint density at radius 1 is 0.737 bits per heavy atom. The molecule has 0 spiro atoms. The molecule has 2 aliphatic carbocycles. The second kappa shape index (κ2) is 7.70. The van der Waals surface area contributed by atoms with Gasteiger partial charge in [-0.05, 0) is 36.0 Å². The highest BCUT2D eigenvalue weighted by Gasteiger charge is 2.72. The standard InChI is InChI=1S/C19H36/c1-4-6-8-10-12-14-16-18-17(19(16)18)15(3)13-11-9-7-5-2/h15-19H,4-14H2,1-3H3. The Morgan fingerprint density at radius 3 is 1.95 bits per heavy atom. The maximum atomic E-state index is 2.53. The summed E-state index contributed by atoms with van der Waals surface area (Å²) in [5.74, 6) is 5.80. The van der Waals surface area contributed by atoms with Crippen LogP contribution in [0.3, 0.4) is 0 Å². The smallest absolute Gasteiger partial charge is 0.0315 e. The van der Waals surface area contributed by atoms with Gasteiger partial charge in [0.15, 0.2) is 0 Å². The van der Waals surface area contributed by atoms with Crippen molar-refractivity contribution in [3.05, 3.63) is 0 Å². The Bertz CT molecular complexity index is 234. The van der Waals surface area contributed by atoms with Crippen LogP contribution in [0.4, 0.5) is 0 Å². The molecular formula is C19H36. The van der Waals surface area contributed by atoms with Gasteiger partial charge in [0.05, 0.1) is 0 Å². The maximum Gasteiger partial charge on any atom is -0.0315 e. The van der Waals surface area contributed by atoms with Crippen LogP contribution in [0.2, 0.25) is 0 Å². The average molecular weight is 264 g/mol. The predicted octanol–water partition coefficient (Wildman–Crippen LogP) is 6.45. The van der Waals surface area contributed by atoms with E-state index in [0.29, 0.717) is 0 Å². The lowest BCUT2D eigenvalue weighted by Gasteiger charge is -2.18. The Hall–Kier alpha value is 0. The molecule has 2 aliphatic rings. The molecule has 0 saturated heterocycles. The highest BCUT2D eigenvalue weighted by atomic mass is 14.8. The van der Waals surface area contributed by atoms with Crippen LogP contribution in [-0.4, -0.2) is 0 Å². The van der Waals surface area contributed by atoms with E-state index in [4.69, 9.17) is 0 Å². The van der Waals surface area contributed by atoms with Gasteiger partial charge in [-0.15, -0.1) is 0 Å². The quantitative estimate of drug-likeness (QED) is 0.355. The van der Waals surface area contributed by atoms with E-state index in [9.17, 15) is 0 Å². The molecule has 19 heavy (non-hydrogen) atoms. The molecular weight excluding hydrogens is 228 g/mol. The zero-order chi connectivity index (χ0) is 13.7. The van der Waals surface area contributed by atoms with E-state index in [1.807, 2.05) is 0 Å². The molecule has 0 N–H and O–H groups in total. The summed E-state index contributed by atoms with van der Waals surface area (Å²) in [6.45, 7) is 7.15. The van der Waals surface area contributed by atoms with Crippen molar-refractivity contribution in [1.29, 1.82) is 0 Å². The van der Waals surface area contributed by atoms with Crippen molar-refractivity contribution in [2.45, 2.75) is 91.4 Å². The molecule has 0 aromatic rings. The molecule has 0 nitrogen and oxygen atoms in total. The Labute approximate surface area is 121 Å². The fourth-order valence-electron chi connectivity index (χ4n) is 4.45. The number of hydrogen-bond donors (Lipinski definition) is 0. The highest BCUT2D eigenvalue weighted by Crippen LogP contribution is 2.77. The highest BCUT2D eigenvalue weighted by molar-refractivity contribution is 5.19. The van der Waals surface area contributed by atoms with E-state index in [1.54, 1.807) is 6.42 Å². The molecule has 0 heteroatoms. The van der Waals surface area contributed by atoms with Crippen molar-refractivity contribution >= 4 is 0 Å². The van der Waals surface area contributed by atoms with E-state index < -0.39 is 0 Å². The first kappa shape index (κ1) is 15.4. The third-order valence-corrected chi connectivity index (χ3v) is 5.85. The van der Waals surface area contributed by atoms with Gasteiger partial charge in [-0.1, -0.05) is 85.0 Å². The lowest BCUT2D eigenvalue weighted by atomic mass is 9.87. The molecule has 0 aromatic heterocycles. The third kappa shape index (κ3) is 4.23. The van der Waals surface area contributed by atoms with Gasteiger partial charge in [0.2, 0.25) is 0 Å². The Balaban J connectivity index is 1.43. The fourth-order valence-corrected chi connectivity index (χ4v) is 4.45. The molecule has 3 atom stereocenters. The van der Waals surface area contributed by atoms with Crippen LogP contribution in [-0.2, 0) is 0 Å². The zero-order valence-electron chi connectivity index (χ0n) is 13.7. The zero-order valence-corrected chi connectivity index (χ0v) is 13.7. The molecule has 0 amide bonds. The lowest BCUT2D eigenvalue weighted by molar-refractivity contribution is 0.314. The first-order valence-corrected chi connectivity index (χ1v) is 9.31. The van der Waals surface area contributed by atoms with E-state index in [-0.39, 0.29) is 0 Å². The summed E-state index contributed by atoms with van der Waals surface area (Å²) < 4.78 is 0. The number of hydrogen-bond acceptors (Lipinski definition) is 0. The molecule has 2 rings (SSSR count). The van der Waals surface area contributed by atoms with Crippen LogP contribution in [0.1, 0.15) is 91.4 Å². The fraction of sp³-hybridized carbons (Fsp3) is 1.00. The molecule has 2 fully saturated rings. The van der Waals surface area contributed by atoms with Gasteiger partial charge in [0.1, 0.15) is 0 Å². The second-order valence-corrected chi connectivity index (χ2v) is 7.43. The predicted molar refractivity (Wildman–Crippen MR) is 85.3 cm³/mol. The normalized spacial score (nSPS) is 33.0. The first-order chi connectivity index (χ1) is 9.31. The molecule has 2 saturated carbocycles. The van der Waals surface area contributed by atoms with Crippen LogP contribution in [0.5, 0.6) is 0 Å². The van der Waals surface area contributed by atoms with Crippen molar-refractivity contribution in [3.8, 4) is 0 Å². The van der Waals surface area contributed by atoms with E-state index in [1.165, 1.54) is 87.9 Å². The van der Waals surface area contributed by atoms with Gasteiger partial charge in [-0.2, -0.15) is 0 Å². The number of fused-ring (bicyclic) bond motifs is 1. The number of rotatable bonds is 12. The summed E-state index contributed by atoms with van der Waals surface area (Å²) in [7, 11) is 0. The molecule has 3 unspecified atom stereocenters. The summed E-state index contributed by atoms with van der Waals surface area (Å²) in [5.41, 5.74) is 0. The summed E-state index contributed by atoms with van der Waals surface area (Å²) >= 11 is 0. The molecule has 0 aromatic carbocycles. The largest absolute Gasteiger partial charge is 0.0654 e. The van der Waals surface area contributed by atoms with E-state index in [0.717, 1.165) is 5.92 Å². The lowest BCUT2D eigenvalue weighted by Crippen LogP contribution is -2.10. The Kier molecular flexibility index (Phi) is 6.23. The van der Waals surface area contributed by atoms with Crippen LogP contribution >= 0.6 is 0 Å². The first-order valence-electron chi connectivity index (χ1n) is 9.31. The topological polar surface area (TPSA) is 0 Å². The molecule has 0 bridgehead atoms. The van der Waals surface area contributed by atoms with Crippen molar-refractivity contribution in [1.82, 2.24) is 0 Å². The summed E-state index contributed by atoms with van der Waals surface area (Å²) in [4.78, 5) is 0. The molecule has 0 aliphatic heterocycles. The van der Waals surface area contributed by atoms with E-state index >= 15 is 0 Å². The van der Waals surface area contributed by atoms with Gasteiger partial charge >= 0.3 is 0 Å².